The van der Waals surface area contributed by atoms with Gasteiger partial charge in [0.05, 0.1) is 0 Å². The summed E-state index contributed by atoms with van der Waals surface area (Å²) in [5.41, 5.74) is 1.51. The van der Waals surface area contributed by atoms with Crippen LogP contribution < -0.4 is 0 Å². The van der Waals surface area contributed by atoms with Crippen LogP contribution in [0.5, 0.6) is 0 Å². The lowest BCUT2D eigenvalue weighted by atomic mass is 10.1. The highest BCUT2D eigenvalue weighted by Crippen LogP contribution is 2.30. The standard InChI is InChI=1S/C12H8BrF/c13-10-7-4-8-11(14)12(10)9-5-2-1-3-6-9/h1-8H. The maximum Gasteiger partial charge on any atom is 0.132 e. The average molecular weight is 251 g/mol. The number of hydrogen-bond acceptors (Lipinski definition) is 0. The fourth-order valence-corrected chi connectivity index (χ4v) is 1.95. The second-order valence-electron chi connectivity index (χ2n) is 2.96. The van der Waals surface area contributed by atoms with Crippen molar-refractivity contribution in [3.8, 4) is 11.1 Å². The highest BCUT2D eigenvalue weighted by Gasteiger charge is 2.07. The summed E-state index contributed by atoms with van der Waals surface area (Å²) in [6, 6.07) is 14.5. The van der Waals surface area contributed by atoms with Crippen LogP contribution in [0.2, 0.25) is 0 Å². The van der Waals surface area contributed by atoms with Crippen molar-refractivity contribution in [1.82, 2.24) is 0 Å². The zero-order valence-corrected chi connectivity index (χ0v) is 8.96. The highest BCUT2D eigenvalue weighted by molar-refractivity contribution is 9.10. The van der Waals surface area contributed by atoms with E-state index in [2.05, 4.69) is 15.9 Å². The van der Waals surface area contributed by atoms with Crippen LogP contribution in [0.1, 0.15) is 0 Å². The number of rotatable bonds is 1. The van der Waals surface area contributed by atoms with Crippen LogP contribution >= 0.6 is 15.9 Å². The molecule has 0 N–H and O–H groups in total. The molecule has 2 rings (SSSR count). The van der Waals surface area contributed by atoms with E-state index in [1.807, 2.05) is 36.4 Å². The third-order valence-corrected chi connectivity index (χ3v) is 2.69. The summed E-state index contributed by atoms with van der Waals surface area (Å²) in [5.74, 6) is -0.203. The quantitative estimate of drug-likeness (QED) is 0.710. The van der Waals surface area contributed by atoms with Crippen molar-refractivity contribution in [1.29, 1.82) is 0 Å². The molecule has 0 aliphatic heterocycles. The van der Waals surface area contributed by atoms with Crippen LogP contribution in [-0.2, 0) is 0 Å². The molecule has 0 aliphatic carbocycles. The SMILES string of the molecule is Fc1cccc(Br)c1-c1ccccc1. The first-order valence-electron chi connectivity index (χ1n) is 4.28. The lowest BCUT2D eigenvalue weighted by molar-refractivity contribution is 0.630. The molecule has 0 heterocycles. The van der Waals surface area contributed by atoms with E-state index in [0.29, 0.717) is 5.56 Å². The summed E-state index contributed by atoms with van der Waals surface area (Å²) >= 11 is 3.34. The molecule has 0 saturated carbocycles. The number of halogens is 2. The summed E-state index contributed by atoms with van der Waals surface area (Å²) in [6.07, 6.45) is 0. The van der Waals surface area contributed by atoms with Crippen molar-refractivity contribution >= 4 is 15.9 Å². The van der Waals surface area contributed by atoms with Crippen LogP contribution in [0.4, 0.5) is 4.39 Å². The summed E-state index contributed by atoms with van der Waals surface area (Å²) in [7, 11) is 0. The van der Waals surface area contributed by atoms with Gasteiger partial charge in [0.15, 0.2) is 0 Å². The molecule has 0 radical (unpaired) electrons. The molecule has 2 heteroatoms. The molecule has 0 bridgehead atoms. The Balaban J connectivity index is 2.63. The molecule has 2 aromatic rings. The molecule has 2 aromatic carbocycles. The number of benzene rings is 2. The van der Waals surface area contributed by atoms with Gasteiger partial charge in [-0.1, -0.05) is 52.3 Å². The lowest BCUT2D eigenvalue weighted by Crippen LogP contribution is -1.84. The molecule has 0 aliphatic rings. The summed E-state index contributed by atoms with van der Waals surface area (Å²) < 4.78 is 14.3. The Morgan fingerprint density at radius 1 is 0.857 bits per heavy atom. The van der Waals surface area contributed by atoms with E-state index in [1.165, 1.54) is 6.07 Å². The van der Waals surface area contributed by atoms with Gasteiger partial charge in [0.2, 0.25) is 0 Å². The Morgan fingerprint density at radius 2 is 1.57 bits per heavy atom. The summed E-state index contributed by atoms with van der Waals surface area (Å²) in [4.78, 5) is 0. The van der Waals surface area contributed by atoms with Crippen LogP contribution in [-0.4, -0.2) is 0 Å². The highest BCUT2D eigenvalue weighted by atomic mass is 79.9. The second kappa shape index (κ2) is 3.93. The maximum atomic E-state index is 13.5. The monoisotopic (exact) mass is 250 g/mol. The van der Waals surface area contributed by atoms with Gasteiger partial charge in [-0.25, -0.2) is 4.39 Å². The van der Waals surface area contributed by atoms with Crippen molar-refractivity contribution in [2.45, 2.75) is 0 Å². The smallest absolute Gasteiger partial charge is 0.132 e. The van der Waals surface area contributed by atoms with Crippen LogP contribution in [0.15, 0.2) is 53.0 Å². The van der Waals surface area contributed by atoms with E-state index in [1.54, 1.807) is 6.07 Å². The largest absolute Gasteiger partial charge is 0.206 e. The number of hydrogen-bond donors (Lipinski definition) is 0. The molecule has 70 valence electrons. The molecule has 0 fully saturated rings. The Hall–Kier alpha value is -1.15. The Bertz CT molecular complexity index is 417. The third kappa shape index (κ3) is 1.70. The van der Waals surface area contributed by atoms with Gasteiger partial charge in [-0.2, -0.15) is 0 Å². The predicted molar refractivity (Wildman–Crippen MR) is 59.5 cm³/mol. The fraction of sp³-hybridized carbons (Fsp3) is 0. The van der Waals surface area contributed by atoms with E-state index in [9.17, 15) is 4.39 Å². The van der Waals surface area contributed by atoms with Crippen LogP contribution in [0.25, 0.3) is 11.1 Å². The Labute approximate surface area is 90.5 Å². The predicted octanol–water partition coefficient (Wildman–Crippen LogP) is 4.26. The first-order chi connectivity index (χ1) is 6.79. The van der Waals surface area contributed by atoms with E-state index in [-0.39, 0.29) is 5.82 Å². The van der Waals surface area contributed by atoms with Crippen molar-refractivity contribution in [2.75, 3.05) is 0 Å². The molecule has 0 atom stereocenters. The van der Waals surface area contributed by atoms with Crippen molar-refractivity contribution in [3.63, 3.8) is 0 Å². The van der Waals surface area contributed by atoms with Gasteiger partial charge < -0.3 is 0 Å². The van der Waals surface area contributed by atoms with Crippen molar-refractivity contribution in [2.24, 2.45) is 0 Å². The zero-order valence-electron chi connectivity index (χ0n) is 7.37. The Kier molecular flexibility index (Phi) is 2.64. The maximum absolute atomic E-state index is 13.5. The third-order valence-electron chi connectivity index (χ3n) is 2.03. The van der Waals surface area contributed by atoms with Gasteiger partial charge in [-0.05, 0) is 17.7 Å². The molecule has 0 unspecified atom stereocenters. The van der Waals surface area contributed by atoms with Gasteiger partial charge in [0, 0.05) is 10.0 Å². The topological polar surface area (TPSA) is 0 Å². The molecule has 0 spiro atoms. The van der Waals surface area contributed by atoms with Gasteiger partial charge in [-0.3, -0.25) is 0 Å². The van der Waals surface area contributed by atoms with Crippen molar-refractivity contribution in [3.05, 3.63) is 58.8 Å². The molecular weight excluding hydrogens is 243 g/mol. The average Bonchev–Trinajstić information content (AvgIpc) is 2.19. The first kappa shape index (κ1) is 9.41. The zero-order chi connectivity index (χ0) is 9.97. The van der Waals surface area contributed by atoms with Crippen molar-refractivity contribution < 1.29 is 4.39 Å². The van der Waals surface area contributed by atoms with E-state index >= 15 is 0 Å². The Morgan fingerprint density at radius 3 is 2.21 bits per heavy atom. The minimum absolute atomic E-state index is 0.203. The minimum Gasteiger partial charge on any atom is -0.206 e. The molecule has 0 aromatic heterocycles. The van der Waals surface area contributed by atoms with Crippen LogP contribution in [0.3, 0.4) is 0 Å². The van der Waals surface area contributed by atoms with Gasteiger partial charge in [-0.15, -0.1) is 0 Å². The molecule has 0 saturated heterocycles. The molecule has 0 nitrogen and oxygen atoms in total. The summed E-state index contributed by atoms with van der Waals surface area (Å²) in [6.45, 7) is 0. The summed E-state index contributed by atoms with van der Waals surface area (Å²) in [5, 5.41) is 0. The minimum atomic E-state index is -0.203. The van der Waals surface area contributed by atoms with Gasteiger partial charge >= 0.3 is 0 Å². The van der Waals surface area contributed by atoms with E-state index in [4.69, 9.17) is 0 Å². The molecule has 0 amide bonds. The van der Waals surface area contributed by atoms with Crippen LogP contribution in [0, 0.1) is 5.82 Å². The fourth-order valence-electron chi connectivity index (χ4n) is 1.38. The lowest BCUT2D eigenvalue weighted by Gasteiger charge is -2.05. The molecular formula is C12H8BrF. The van der Waals surface area contributed by atoms with Gasteiger partial charge in [0.25, 0.3) is 0 Å². The normalized spacial score (nSPS) is 10.1. The molecule has 14 heavy (non-hydrogen) atoms. The van der Waals surface area contributed by atoms with Gasteiger partial charge in [0.1, 0.15) is 5.82 Å². The van der Waals surface area contributed by atoms with E-state index in [0.717, 1.165) is 10.0 Å². The first-order valence-corrected chi connectivity index (χ1v) is 5.08. The second-order valence-corrected chi connectivity index (χ2v) is 3.82. The van der Waals surface area contributed by atoms with E-state index < -0.39 is 0 Å².